The van der Waals surface area contributed by atoms with E-state index in [4.69, 9.17) is 4.74 Å². The molecule has 1 unspecified atom stereocenters. The Morgan fingerprint density at radius 1 is 1.58 bits per heavy atom. The van der Waals surface area contributed by atoms with Crippen LogP contribution in [0.2, 0.25) is 0 Å². The van der Waals surface area contributed by atoms with Crippen molar-refractivity contribution >= 4 is 0 Å². The minimum atomic E-state index is -2.40. The summed E-state index contributed by atoms with van der Waals surface area (Å²) in [6, 6.07) is -0.940. The molecule has 0 aromatic rings. The summed E-state index contributed by atoms with van der Waals surface area (Å²) in [5, 5.41) is 2.53. The molecular weight excluding hydrogens is 164 g/mol. The van der Waals surface area contributed by atoms with Gasteiger partial charge in [-0.1, -0.05) is 0 Å². The third-order valence-electron chi connectivity index (χ3n) is 1.83. The van der Waals surface area contributed by atoms with E-state index in [2.05, 4.69) is 5.32 Å². The van der Waals surface area contributed by atoms with Crippen molar-refractivity contribution in [2.75, 3.05) is 13.7 Å². The summed E-state index contributed by atoms with van der Waals surface area (Å²) in [4.78, 5) is 0. The standard InChI is InChI=1S/C8H13F2NO/c1-11-7(8(9)10)6-4-2-3-5-12-6/h4,7-8,11H,2-3,5H2,1H3. The maximum Gasteiger partial charge on any atom is 0.260 e. The van der Waals surface area contributed by atoms with Gasteiger partial charge in [-0.25, -0.2) is 8.78 Å². The highest BCUT2D eigenvalue weighted by Gasteiger charge is 2.24. The molecule has 0 saturated carbocycles. The summed E-state index contributed by atoms with van der Waals surface area (Å²) in [6.45, 7) is 0.552. The van der Waals surface area contributed by atoms with Gasteiger partial charge in [0.2, 0.25) is 0 Å². The molecule has 1 atom stereocenters. The largest absolute Gasteiger partial charge is 0.496 e. The van der Waals surface area contributed by atoms with Gasteiger partial charge in [0.05, 0.1) is 6.61 Å². The molecular formula is C8H13F2NO. The van der Waals surface area contributed by atoms with E-state index in [9.17, 15) is 8.78 Å². The molecule has 0 saturated heterocycles. The zero-order valence-corrected chi connectivity index (χ0v) is 7.02. The number of hydrogen-bond donors (Lipinski definition) is 1. The first-order valence-electron chi connectivity index (χ1n) is 4.04. The molecule has 0 spiro atoms. The normalized spacial score (nSPS) is 20.2. The summed E-state index contributed by atoms with van der Waals surface area (Å²) in [5.41, 5.74) is 0. The van der Waals surface area contributed by atoms with Gasteiger partial charge >= 0.3 is 0 Å². The zero-order valence-electron chi connectivity index (χ0n) is 7.02. The average Bonchev–Trinajstić information content (AvgIpc) is 2.07. The number of ether oxygens (including phenoxy) is 1. The van der Waals surface area contributed by atoms with Crippen LogP contribution in [-0.2, 0) is 4.74 Å². The molecule has 1 rings (SSSR count). The summed E-state index contributed by atoms with van der Waals surface area (Å²) in [6.07, 6.45) is 1.08. The van der Waals surface area contributed by atoms with Gasteiger partial charge in [-0.15, -0.1) is 0 Å². The minimum absolute atomic E-state index is 0.388. The number of hydrogen-bond acceptors (Lipinski definition) is 2. The first-order valence-corrected chi connectivity index (χ1v) is 4.04. The topological polar surface area (TPSA) is 21.3 Å². The highest BCUT2D eigenvalue weighted by molar-refractivity contribution is 5.06. The molecule has 1 aliphatic heterocycles. The lowest BCUT2D eigenvalue weighted by atomic mass is 10.1. The van der Waals surface area contributed by atoms with Crippen LogP contribution in [-0.4, -0.2) is 26.1 Å². The quantitative estimate of drug-likeness (QED) is 0.706. The molecule has 12 heavy (non-hydrogen) atoms. The minimum Gasteiger partial charge on any atom is -0.496 e. The lowest BCUT2D eigenvalue weighted by Crippen LogP contribution is -2.36. The third kappa shape index (κ3) is 2.17. The van der Waals surface area contributed by atoms with Gasteiger partial charge in [0, 0.05) is 0 Å². The van der Waals surface area contributed by atoms with Crippen LogP contribution in [0.15, 0.2) is 11.8 Å². The molecule has 70 valence electrons. The second kappa shape index (κ2) is 4.40. The number of alkyl halides is 2. The Balaban J connectivity index is 2.57. The number of halogens is 2. The molecule has 1 aliphatic rings. The Hall–Kier alpha value is -0.640. The monoisotopic (exact) mass is 177 g/mol. The summed E-state index contributed by atoms with van der Waals surface area (Å²) >= 11 is 0. The van der Waals surface area contributed by atoms with Gasteiger partial charge in [-0.05, 0) is 26.0 Å². The van der Waals surface area contributed by atoms with Gasteiger partial charge < -0.3 is 10.1 Å². The van der Waals surface area contributed by atoms with Crippen molar-refractivity contribution in [3.8, 4) is 0 Å². The second-order valence-electron chi connectivity index (χ2n) is 2.70. The van der Waals surface area contributed by atoms with Crippen molar-refractivity contribution in [2.45, 2.75) is 25.3 Å². The van der Waals surface area contributed by atoms with E-state index in [-0.39, 0.29) is 0 Å². The number of nitrogens with one attached hydrogen (secondary N) is 1. The van der Waals surface area contributed by atoms with E-state index < -0.39 is 12.5 Å². The summed E-state index contributed by atoms with van der Waals surface area (Å²) in [5.74, 6) is 0.388. The molecule has 0 fully saturated rings. The van der Waals surface area contributed by atoms with E-state index in [1.54, 1.807) is 6.08 Å². The molecule has 2 nitrogen and oxygen atoms in total. The highest BCUT2D eigenvalue weighted by Crippen LogP contribution is 2.17. The van der Waals surface area contributed by atoms with E-state index in [0.717, 1.165) is 12.8 Å². The van der Waals surface area contributed by atoms with Crippen LogP contribution < -0.4 is 5.32 Å². The van der Waals surface area contributed by atoms with Crippen molar-refractivity contribution in [2.24, 2.45) is 0 Å². The van der Waals surface area contributed by atoms with Crippen LogP contribution in [0, 0.1) is 0 Å². The maximum atomic E-state index is 12.3. The molecule has 0 amide bonds. The van der Waals surface area contributed by atoms with Gasteiger partial charge in [0.25, 0.3) is 6.43 Å². The van der Waals surface area contributed by atoms with E-state index in [1.165, 1.54) is 7.05 Å². The van der Waals surface area contributed by atoms with Gasteiger partial charge in [0.1, 0.15) is 11.8 Å². The van der Waals surface area contributed by atoms with Crippen LogP contribution in [0.3, 0.4) is 0 Å². The Morgan fingerprint density at radius 3 is 2.75 bits per heavy atom. The first kappa shape index (κ1) is 9.45. The zero-order chi connectivity index (χ0) is 8.97. The van der Waals surface area contributed by atoms with Gasteiger partial charge in [0.15, 0.2) is 0 Å². The summed E-state index contributed by atoms with van der Waals surface area (Å²) < 4.78 is 29.7. The number of likely N-dealkylation sites (N-methyl/N-ethyl adjacent to an activating group) is 1. The van der Waals surface area contributed by atoms with Crippen LogP contribution in [0.1, 0.15) is 12.8 Å². The Morgan fingerprint density at radius 2 is 2.33 bits per heavy atom. The predicted octanol–water partition coefficient (Wildman–Crippen LogP) is 1.53. The highest BCUT2D eigenvalue weighted by atomic mass is 19.3. The van der Waals surface area contributed by atoms with Crippen LogP contribution in [0.25, 0.3) is 0 Å². The fourth-order valence-corrected chi connectivity index (χ4v) is 1.19. The van der Waals surface area contributed by atoms with Crippen molar-refractivity contribution < 1.29 is 13.5 Å². The fourth-order valence-electron chi connectivity index (χ4n) is 1.19. The second-order valence-corrected chi connectivity index (χ2v) is 2.70. The molecule has 1 N–H and O–H groups in total. The van der Waals surface area contributed by atoms with E-state index in [1.807, 2.05) is 0 Å². The third-order valence-corrected chi connectivity index (χ3v) is 1.83. The number of allylic oxidation sites excluding steroid dienone is 1. The van der Waals surface area contributed by atoms with Gasteiger partial charge in [-0.3, -0.25) is 0 Å². The molecule has 0 aromatic carbocycles. The van der Waals surface area contributed by atoms with Crippen LogP contribution in [0.4, 0.5) is 8.78 Å². The Kier molecular flexibility index (Phi) is 3.47. The van der Waals surface area contributed by atoms with Crippen molar-refractivity contribution in [3.05, 3.63) is 11.8 Å². The molecule has 0 aliphatic carbocycles. The van der Waals surface area contributed by atoms with Crippen molar-refractivity contribution in [1.82, 2.24) is 5.32 Å². The van der Waals surface area contributed by atoms with E-state index >= 15 is 0 Å². The molecule has 0 bridgehead atoms. The molecule has 1 heterocycles. The van der Waals surface area contributed by atoms with Crippen molar-refractivity contribution in [1.29, 1.82) is 0 Å². The van der Waals surface area contributed by atoms with E-state index in [0.29, 0.717) is 12.4 Å². The first-order chi connectivity index (χ1) is 5.75. The molecule has 0 aromatic heterocycles. The SMILES string of the molecule is CNC(C1=CCCCO1)C(F)F. The smallest absolute Gasteiger partial charge is 0.260 e. The van der Waals surface area contributed by atoms with Gasteiger partial charge in [-0.2, -0.15) is 0 Å². The maximum absolute atomic E-state index is 12.3. The molecule has 0 radical (unpaired) electrons. The van der Waals surface area contributed by atoms with Crippen molar-refractivity contribution in [3.63, 3.8) is 0 Å². The molecule has 4 heteroatoms. The Bertz CT molecular complexity index is 170. The van der Waals surface area contributed by atoms with Crippen LogP contribution in [0.5, 0.6) is 0 Å². The predicted molar refractivity (Wildman–Crippen MR) is 42.1 cm³/mol. The summed E-state index contributed by atoms with van der Waals surface area (Å²) in [7, 11) is 1.51. The Labute approximate surface area is 70.6 Å². The van der Waals surface area contributed by atoms with Crippen LogP contribution >= 0.6 is 0 Å². The average molecular weight is 177 g/mol. The lowest BCUT2D eigenvalue weighted by molar-refractivity contribution is 0.0714. The fraction of sp³-hybridized carbons (Fsp3) is 0.750. The number of rotatable bonds is 3. The lowest BCUT2D eigenvalue weighted by Gasteiger charge is -2.22.